The van der Waals surface area contributed by atoms with Gasteiger partial charge in [-0.15, -0.1) is 0 Å². The molecule has 3 N–H and O–H groups in total. The Hall–Kier alpha value is -0.920. The Morgan fingerprint density at radius 1 is 1.44 bits per heavy atom. The molecule has 5 heteroatoms. The summed E-state index contributed by atoms with van der Waals surface area (Å²) < 4.78 is 3.15. The van der Waals surface area contributed by atoms with E-state index >= 15 is 0 Å². The highest BCUT2D eigenvalue weighted by Gasteiger charge is 2.14. The van der Waals surface area contributed by atoms with Crippen molar-refractivity contribution in [1.82, 2.24) is 15.2 Å². The molecule has 0 aliphatic rings. The molecule has 0 aliphatic carbocycles. The number of benzene rings is 1. The molecule has 1 atom stereocenters. The maximum atomic E-state index is 5.68. The lowest BCUT2D eigenvalue weighted by Crippen LogP contribution is -2.28. The van der Waals surface area contributed by atoms with Crippen molar-refractivity contribution in [2.45, 2.75) is 25.9 Å². The quantitative estimate of drug-likeness (QED) is 0.492. The average molecular weight is 356 g/mol. The van der Waals surface area contributed by atoms with Gasteiger partial charge in [-0.1, -0.05) is 19.1 Å². The molecule has 0 saturated carbocycles. The summed E-state index contributed by atoms with van der Waals surface area (Å²) in [6, 6.07) is 8.30. The predicted molar refractivity (Wildman–Crippen MR) is 80.8 cm³/mol. The van der Waals surface area contributed by atoms with Crippen molar-refractivity contribution in [1.29, 1.82) is 0 Å². The molecule has 2 rings (SSSR count). The van der Waals surface area contributed by atoms with Gasteiger partial charge >= 0.3 is 0 Å². The van der Waals surface area contributed by atoms with Gasteiger partial charge in [-0.3, -0.25) is 10.5 Å². The van der Waals surface area contributed by atoms with Crippen LogP contribution in [0.2, 0.25) is 0 Å². The molecule has 2 aromatic rings. The van der Waals surface area contributed by atoms with Crippen LogP contribution in [0.5, 0.6) is 0 Å². The van der Waals surface area contributed by atoms with Crippen molar-refractivity contribution in [3.63, 3.8) is 0 Å². The zero-order valence-corrected chi connectivity index (χ0v) is 12.5. The Kier molecular flexibility index (Phi) is 4.73. The highest BCUT2D eigenvalue weighted by atomic mass is 127. The Morgan fingerprint density at radius 3 is 2.94 bits per heavy atom. The van der Waals surface area contributed by atoms with Crippen molar-refractivity contribution in [3.8, 4) is 0 Å². The molecule has 1 aromatic heterocycles. The minimum absolute atomic E-state index is 0.00896. The van der Waals surface area contributed by atoms with Gasteiger partial charge in [-0.25, -0.2) is 5.43 Å². The van der Waals surface area contributed by atoms with Gasteiger partial charge < -0.3 is 0 Å². The molecule has 0 spiro atoms. The van der Waals surface area contributed by atoms with Gasteiger partial charge in [0, 0.05) is 21.9 Å². The van der Waals surface area contributed by atoms with Crippen LogP contribution in [0.3, 0.4) is 0 Å². The number of halogens is 1. The number of hydrogen-bond acceptors (Lipinski definition) is 3. The fourth-order valence-electron chi connectivity index (χ4n) is 1.95. The normalized spacial score (nSPS) is 12.6. The Balaban J connectivity index is 2.27. The molecule has 0 radical (unpaired) electrons. The summed E-state index contributed by atoms with van der Waals surface area (Å²) in [5.74, 6) is 5.68. The topological polar surface area (TPSA) is 55.9 Å². The number of aryl methyl sites for hydroxylation is 1. The van der Waals surface area contributed by atoms with Crippen molar-refractivity contribution < 1.29 is 0 Å². The fourth-order valence-corrected chi connectivity index (χ4v) is 2.52. The predicted octanol–water partition coefficient (Wildman–Crippen LogP) is 2.45. The second-order valence-corrected chi connectivity index (χ2v) is 5.44. The van der Waals surface area contributed by atoms with Crippen LogP contribution in [-0.2, 0) is 6.54 Å². The van der Waals surface area contributed by atoms with Crippen LogP contribution in [0, 0.1) is 3.57 Å². The maximum absolute atomic E-state index is 5.68. The largest absolute Gasteiger partial charge is 0.272 e. The van der Waals surface area contributed by atoms with Crippen LogP contribution in [0.4, 0.5) is 0 Å². The summed E-state index contributed by atoms with van der Waals surface area (Å²) in [6.45, 7) is 3.07. The first-order valence-corrected chi connectivity index (χ1v) is 7.06. The Bertz CT molecular complexity index is 509. The fraction of sp³-hybridized carbons (Fsp3) is 0.308. The van der Waals surface area contributed by atoms with Gasteiger partial charge in [-0.2, -0.15) is 5.10 Å². The number of rotatable bonds is 5. The molecular weight excluding hydrogens is 339 g/mol. The monoisotopic (exact) mass is 356 g/mol. The molecular formula is C13H17IN4. The molecule has 4 nitrogen and oxygen atoms in total. The van der Waals surface area contributed by atoms with E-state index < -0.39 is 0 Å². The van der Waals surface area contributed by atoms with Crippen LogP contribution in [0.1, 0.15) is 30.5 Å². The number of nitrogens with zero attached hydrogens (tertiary/aromatic N) is 2. The van der Waals surface area contributed by atoms with E-state index in [4.69, 9.17) is 5.84 Å². The van der Waals surface area contributed by atoms with E-state index in [9.17, 15) is 0 Å². The van der Waals surface area contributed by atoms with Crippen LogP contribution < -0.4 is 11.3 Å². The summed E-state index contributed by atoms with van der Waals surface area (Å²) in [5.41, 5.74) is 5.10. The van der Waals surface area contributed by atoms with Gasteiger partial charge in [0.15, 0.2) is 0 Å². The molecule has 0 saturated heterocycles. The van der Waals surface area contributed by atoms with E-state index in [1.165, 1.54) is 3.57 Å². The minimum Gasteiger partial charge on any atom is -0.272 e. The molecule has 1 unspecified atom stereocenters. The van der Waals surface area contributed by atoms with Gasteiger partial charge in [-0.05, 0) is 46.7 Å². The van der Waals surface area contributed by atoms with Gasteiger partial charge in [0.05, 0.1) is 12.2 Å². The van der Waals surface area contributed by atoms with E-state index in [0.717, 1.165) is 24.1 Å². The number of hydrazine groups is 1. The van der Waals surface area contributed by atoms with Crippen LogP contribution in [0.25, 0.3) is 0 Å². The molecule has 0 amide bonds. The van der Waals surface area contributed by atoms with E-state index in [1.807, 2.05) is 23.1 Å². The highest BCUT2D eigenvalue weighted by Crippen LogP contribution is 2.22. The van der Waals surface area contributed by atoms with Crippen molar-refractivity contribution in [2.24, 2.45) is 5.84 Å². The molecule has 0 bridgehead atoms. The van der Waals surface area contributed by atoms with Crippen molar-refractivity contribution >= 4 is 22.6 Å². The van der Waals surface area contributed by atoms with Crippen LogP contribution in [0.15, 0.2) is 36.7 Å². The lowest BCUT2D eigenvalue weighted by atomic mass is 10.0. The third-order valence-electron chi connectivity index (χ3n) is 2.79. The van der Waals surface area contributed by atoms with E-state index in [-0.39, 0.29) is 6.04 Å². The summed E-state index contributed by atoms with van der Waals surface area (Å²) in [6.07, 6.45) is 5.00. The first kappa shape index (κ1) is 13.5. The van der Waals surface area contributed by atoms with Crippen LogP contribution in [-0.4, -0.2) is 9.78 Å². The number of aromatic nitrogens is 2. The van der Waals surface area contributed by atoms with Gasteiger partial charge in [0.1, 0.15) is 0 Å². The SMILES string of the molecule is CCCn1cc(C(NN)c2cccc(I)c2)cn1. The van der Waals surface area contributed by atoms with E-state index in [2.05, 4.69) is 58.2 Å². The summed E-state index contributed by atoms with van der Waals surface area (Å²) >= 11 is 2.30. The number of nitrogens with two attached hydrogens (primary N) is 1. The average Bonchev–Trinajstić information content (AvgIpc) is 2.79. The molecule has 0 aliphatic heterocycles. The first-order valence-electron chi connectivity index (χ1n) is 5.98. The van der Waals surface area contributed by atoms with Crippen LogP contribution >= 0.6 is 22.6 Å². The molecule has 1 heterocycles. The standard InChI is InChI=1S/C13H17IN4/c1-2-6-18-9-11(8-16-18)13(17-15)10-4-3-5-12(14)7-10/h3-5,7-9,13,17H,2,6,15H2,1H3. The first-order chi connectivity index (χ1) is 8.74. The maximum Gasteiger partial charge on any atom is 0.0741 e. The third-order valence-corrected chi connectivity index (χ3v) is 3.46. The molecule has 18 heavy (non-hydrogen) atoms. The van der Waals surface area contributed by atoms with Crippen molar-refractivity contribution in [3.05, 3.63) is 51.4 Å². The lowest BCUT2D eigenvalue weighted by molar-refractivity contribution is 0.598. The minimum atomic E-state index is -0.00896. The zero-order valence-electron chi connectivity index (χ0n) is 10.3. The Morgan fingerprint density at radius 2 is 2.28 bits per heavy atom. The second kappa shape index (κ2) is 6.31. The van der Waals surface area contributed by atoms with Gasteiger partial charge in [0.25, 0.3) is 0 Å². The molecule has 0 fully saturated rings. The summed E-state index contributed by atoms with van der Waals surface area (Å²) in [7, 11) is 0. The third kappa shape index (κ3) is 3.09. The molecule has 1 aromatic carbocycles. The Labute approximate surface area is 121 Å². The summed E-state index contributed by atoms with van der Waals surface area (Å²) in [5, 5.41) is 4.34. The smallest absolute Gasteiger partial charge is 0.0741 e. The number of hydrogen-bond donors (Lipinski definition) is 2. The van der Waals surface area contributed by atoms with Crippen molar-refractivity contribution in [2.75, 3.05) is 0 Å². The molecule has 96 valence electrons. The highest BCUT2D eigenvalue weighted by molar-refractivity contribution is 14.1. The zero-order chi connectivity index (χ0) is 13.0. The number of nitrogens with one attached hydrogen (secondary N) is 1. The second-order valence-electron chi connectivity index (χ2n) is 4.19. The lowest BCUT2D eigenvalue weighted by Gasteiger charge is -2.14. The summed E-state index contributed by atoms with van der Waals surface area (Å²) in [4.78, 5) is 0. The van der Waals surface area contributed by atoms with E-state index in [0.29, 0.717) is 0 Å². The van der Waals surface area contributed by atoms with E-state index in [1.54, 1.807) is 0 Å². The van der Waals surface area contributed by atoms with Gasteiger partial charge in [0.2, 0.25) is 0 Å².